The van der Waals surface area contributed by atoms with E-state index in [1.54, 1.807) is 13.8 Å². The summed E-state index contributed by atoms with van der Waals surface area (Å²) in [5, 5.41) is 2.27. The van der Waals surface area contributed by atoms with Crippen LogP contribution in [0.2, 0.25) is 0 Å². The molecule has 0 atom stereocenters. The second-order valence-corrected chi connectivity index (χ2v) is 5.97. The Bertz CT molecular complexity index is 411. The van der Waals surface area contributed by atoms with Gasteiger partial charge in [-0.3, -0.25) is 19.7 Å². The molecule has 1 aliphatic carbocycles. The standard InChI is InChI=1S/C13H21N3O3/c1-13(2)12(19)15-10(17)7-16(13)11(18)8-3-5-9(14)6-4-8/h8-9H,3-7,14H2,1-2H3,(H,15,17,19). The van der Waals surface area contributed by atoms with Gasteiger partial charge in [0.05, 0.1) is 0 Å². The molecule has 0 bridgehead atoms. The normalized spacial score (nSPS) is 31.0. The molecule has 1 saturated carbocycles. The predicted molar refractivity (Wildman–Crippen MR) is 68.9 cm³/mol. The highest BCUT2D eigenvalue weighted by Gasteiger charge is 2.45. The van der Waals surface area contributed by atoms with E-state index in [1.165, 1.54) is 4.90 Å². The Morgan fingerprint density at radius 3 is 2.42 bits per heavy atom. The molecule has 106 valence electrons. The van der Waals surface area contributed by atoms with Crippen molar-refractivity contribution in [2.75, 3.05) is 6.54 Å². The Morgan fingerprint density at radius 1 is 1.26 bits per heavy atom. The molecule has 2 fully saturated rings. The summed E-state index contributed by atoms with van der Waals surface area (Å²) in [7, 11) is 0. The number of hydrogen-bond donors (Lipinski definition) is 2. The molecule has 0 unspecified atom stereocenters. The van der Waals surface area contributed by atoms with E-state index in [0.29, 0.717) is 0 Å². The van der Waals surface area contributed by atoms with Gasteiger partial charge in [-0.05, 0) is 39.5 Å². The molecule has 0 aromatic carbocycles. The van der Waals surface area contributed by atoms with Gasteiger partial charge in [-0.15, -0.1) is 0 Å². The number of carbonyl (C=O) groups is 3. The molecule has 2 rings (SSSR count). The zero-order valence-electron chi connectivity index (χ0n) is 11.4. The van der Waals surface area contributed by atoms with Gasteiger partial charge in [0, 0.05) is 12.0 Å². The van der Waals surface area contributed by atoms with Gasteiger partial charge in [-0.2, -0.15) is 0 Å². The third-order valence-electron chi connectivity index (χ3n) is 4.17. The molecule has 0 aromatic rings. The minimum absolute atomic E-state index is 0.0415. The lowest BCUT2D eigenvalue weighted by Crippen LogP contribution is -2.66. The number of amides is 3. The van der Waals surface area contributed by atoms with Gasteiger partial charge in [0.2, 0.25) is 11.8 Å². The van der Waals surface area contributed by atoms with Crippen molar-refractivity contribution in [2.45, 2.75) is 51.1 Å². The number of carbonyl (C=O) groups excluding carboxylic acids is 3. The fraction of sp³-hybridized carbons (Fsp3) is 0.769. The largest absolute Gasteiger partial charge is 0.328 e. The lowest BCUT2D eigenvalue weighted by molar-refractivity contribution is -0.158. The minimum Gasteiger partial charge on any atom is -0.328 e. The topological polar surface area (TPSA) is 92.5 Å². The van der Waals surface area contributed by atoms with Crippen molar-refractivity contribution in [1.29, 1.82) is 0 Å². The average molecular weight is 267 g/mol. The average Bonchev–Trinajstić information content (AvgIpc) is 2.34. The predicted octanol–water partition coefficient (Wildman–Crippen LogP) is -0.232. The van der Waals surface area contributed by atoms with Crippen LogP contribution >= 0.6 is 0 Å². The molecule has 0 spiro atoms. The Morgan fingerprint density at radius 2 is 1.84 bits per heavy atom. The second-order valence-electron chi connectivity index (χ2n) is 5.97. The molecule has 3 N–H and O–H groups in total. The number of imide groups is 1. The zero-order valence-corrected chi connectivity index (χ0v) is 11.4. The highest BCUT2D eigenvalue weighted by atomic mass is 16.2. The highest BCUT2D eigenvalue weighted by Crippen LogP contribution is 2.28. The first-order valence-electron chi connectivity index (χ1n) is 6.73. The Hall–Kier alpha value is -1.43. The van der Waals surface area contributed by atoms with Gasteiger partial charge in [0.1, 0.15) is 12.1 Å². The van der Waals surface area contributed by atoms with Crippen molar-refractivity contribution in [3.8, 4) is 0 Å². The molecule has 6 nitrogen and oxygen atoms in total. The SMILES string of the molecule is CC1(C)C(=O)NC(=O)CN1C(=O)C1CCC(N)CC1. The van der Waals surface area contributed by atoms with Crippen LogP contribution in [-0.4, -0.2) is 40.7 Å². The van der Waals surface area contributed by atoms with Crippen LogP contribution in [0, 0.1) is 5.92 Å². The van der Waals surface area contributed by atoms with E-state index in [4.69, 9.17) is 5.73 Å². The molecule has 3 amide bonds. The maximum atomic E-state index is 12.5. The monoisotopic (exact) mass is 267 g/mol. The van der Waals surface area contributed by atoms with E-state index in [9.17, 15) is 14.4 Å². The minimum atomic E-state index is -0.968. The van der Waals surface area contributed by atoms with Crippen LogP contribution < -0.4 is 11.1 Å². The number of rotatable bonds is 1. The van der Waals surface area contributed by atoms with E-state index in [1.807, 2.05) is 0 Å². The second kappa shape index (κ2) is 4.92. The van der Waals surface area contributed by atoms with Gasteiger partial charge in [-0.25, -0.2) is 0 Å². The summed E-state index contributed by atoms with van der Waals surface area (Å²) in [6, 6.07) is 0.170. The van der Waals surface area contributed by atoms with Crippen molar-refractivity contribution < 1.29 is 14.4 Å². The van der Waals surface area contributed by atoms with Crippen molar-refractivity contribution in [3.05, 3.63) is 0 Å². The Kier molecular flexibility index (Phi) is 3.62. The first-order valence-corrected chi connectivity index (χ1v) is 6.73. The molecule has 1 aliphatic heterocycles. The summed E-state index contributed by atoms with van der Waals surface area (Å²) in [5.41, 5.74) is 4.86. The third kappa shape index (κ3) is 2.63. The fourth-order valence-electron chi connectivity index (χ4n) is 2.72. The molecule has 0 aromatic heterocycles. The number of hydrogen-bond acceptors (Lipinski definition) is 4. The summed E-state index contributed by atoms with van der Waals surface area (Å²) < 4.78 is 0. The Balaban J connectivity index is 2.12. The van der Waals surface area contributed by atoms with Crippen LogP contribution in [0.15, 0.2) is 0 Å². The van der Waals surface area contributed by atoms with E-state index >= 15 is 0 Å². The maximum Gasteiger partial charge on any atom is 0.252 e. The molecule has 1 saturated heterocycles. The first-order chi connectivity index (χ1) is 8.82. The van der Waals surface area contributed by atoms with Crippen LogP contribution in [0.5, 0.6) is 0 Å². The molecule has 19 heavy (non-hydrogen) atoms. The van der Waals surface area contributed by atoms with Crippen molar-refractivity contribution in [3.63, 3.8) is 0 Å². The summed E-state index contributed by atoms with van der Waals surface area (Å²) in [4.78, 5) is 37.2. The number of nitrogens with two attached hydrogens (primary N) is 1. The molecular formula is C13H21N3O3. The van der Waals surface area contributed by atoms with Crippen LogP contribution in [0.1, 0.15) is 39.5 Å². The van der Waals surface area contributed by atoms with Crippen LogP contribution in [-0.2, 0) is 14.4 Å². The number of nitrogens with zero attached hydrogens (tertiary/aromatic N) is 1. The van der Waals surface area contributed by atoms with Gasteiger partial charge in [-0.1, -0.05) is 0 Å². The van der Waals surface area contributed by atoms with Gasteiger partial charge in [0.25, 0.3) is 5.91 Å². The van der Waals surface area contributed by atoms with Gasteiger partial charge < -0.3 is 10.6 Å². The molecule has 0 radical (unpaired) electrons. The summed E-state index contributed by atoms with van der Waals surface area (Å²) in [6.07, 6.45) is 3.13. The molecule has 1 heterocycles. The van der Waals surface area contributed by atoms with Crippen LogP contribution in [0.3, 0.4) is 0 Å². The first kappa shape index (κ1) is 14.0. The van der Waals surface area contributed by atoms with Crippen molar-refractivity contribution in [1.82, 2.24) is 10.2 Å². The van der Waals surface area contributed by atoms with Crippen molar-refractivity contribution >= 4 is 17.7 Å². The van der Waals surface area contributed by atoms with Gasteiger partial charge >= 0.3 is 0 Å². The lowest BCUT2D eigenvalue weighted by Gasteiger charge is -2.42. The quantitative estimate of drug-likeness (QED) is 0.642. The smallest absolute Gasteiger partial charge is 0.252 e. The fourth-order valence-corrected chi connectivity index (χ4v) is 2.72. The van der Waals surface area contributed by atoms with Crippen molar-refractivity contribution in [2.24, 2.45) is 11.7 Å². The van der Waals surface area contributed by atoms with E-state index in [-0.39, 0.29) is 24.4 Å². The van der Waals surface area contributed by atoms with E-state index in [2.05, 4.69) is 5.32 Å². The Labute approximate surface area is 112 Å². The van der Waals surface area contributed by atoms with E-state index < -0.39 is 17.4 Å². The van der Waals surface area contributed by atoms with Crippen LogP contribution in [0.25, 0.3) is 0 Å². The van der Waals surface area contributed by atoms with E-state index in [0.717, 1.165) is 25.7 Å². The summed E-state index contributed by atoms with van der Waals surface area (Å²) in [6.45, 7) is 3.29. The zero-order chi connectivity index (χ0) is 14.2. The molecular weight excluding hydrogens is 246 g/mol. The highest BCUT2D eigenvalue weighted by molar-refractivity contribution is 6.06. The number of piperazine rings is 1. The molecule has 2 aliphatic rings. The third-order valence-corrected chi connectivity index (χ3v) is 4.17. The number of nitrogens with one attached hydrogen (secondary N) is 1. The van der Waals surface area contributed by atoms with Gasteiger partial charge in [0.15, 0.2) is 0 Å². The lowest BCUT2D eigenvalue weighted by atomic mass is 9.84. The summed E-state index contributed by atoms with van der Waals surface area (Å²) >= 11 is 0. The summed E-state index contributed by atoms with van der Waals surface area (Å²) in [5.74, 6) is -1.03. The molecule has 6 heteroatoms. The van der Waals surface area contributed by atoms with Crippen LogP contribution in [0.4, 0.5) is 0 Å². The maximum absolute atomic E-state index is 12.5.